The fourth-order valence-corrected chi connectivity index (χ4v) is 2.26. The standard InChI is InChI=1S/C12H18ClN3O6/c13-16-4-7(3-10(16)19)12(22)9(1-2-11(20)21)15-14-8(5-17)6-18/h5,7-9,14-15,18H,1-4,6H2,(H,20,21)/t7?,8-,9+/m1/s1. The fraction of sp³-hybridized carbons (Fsp3) is 0.667. The van der Waals surface area contributed by atoms with E-state index in [-0.39, 0.29) is 37.5 Å². The average Bonchev–Trinajstić information content (AvgIpc) is 2.82. The van der Waals surface area contributed by atoms with Crippen LogP contribution in [-0.4, -0.2) is 63.8 Å². The van der Waals surface area contributed by atoms with Crippen molar-refractivity contribution in [2.24, 2.45) is 5.92 Å². The van der Waals surface area contributed by atoms with Gasteiger partial charge in [-0.1, -0.05) is 0 Å². The number of carbonyl (C=O) groups excluding carboxylic acids is 3. The molecule has 0 saturated carbocycles. The van der Waals surface area contributed by atoms with Crippen LogP contribution in [0.1, 0.15) is 19.3 Å². The molecule has 10 heteroatoms. The Morgan fingerprint density at radius 1 is 1.45 bits per heavy atom. The number of amides is 1. The first-order valence-corrected chi connectivity index (χ1v) is 7.01. The van der Waals surface area contributed by atoms with Crippen LogP contribution >= 0.6 is 11.8 Å². The van der Waals surface area contributed by atoms with Gasteiger partial charge in [-0.3, -0.25) is 18.8 Å². The lowest BCUT2D eigenvalue weighted by Gasteiger charge is -2.22. The first-order valence-electron chi connectivity index (χ1n) is 6.67. The molecule has 1 saturated heterocycles. The van der Waals surface area contributed by atoms with Crippen LogP contribution in [0.15, 0.2) is 0 Å². The smallest absolute Gasteiger partial charge is 0.303 e. The van der Waals surface area contributed by atoms with E-state index in [1.807, 2.05) is 0 Å². The van der Waals surface area contributed by atoms with Crippen LogP contribution in [0.2, 0.25) is 0 Å². The number of ketones is 1. The van der Waals surface area contributed by atoms with E-state index in [9.17, 15) is 19.2 Å². The number of carbonyl (C=O) groups is 4. The number of rotatable bonds is 10. The van der Waals surface area contributed by atoms with Crippen LogP contribution < -0.4 is 10.9 Å². The van der Waals surface area contributed by atoms with Crippen LogP contribution in [0.25, 0.3) is 0 Å². The van der Waals surface area contributed by atoms with E-state index < -0.39 is 30.6 Å². The molecule has 0 spiro atoms. The lowest BCUT2D eigenvalue weighted by molar-refractivity contribution is -0.137. The maximum Gasteiger partial charge on any atom is 0.303 e. The summed E-state index contributed by atoms with van der Waals surface area (Å²) < 4.78 is 0.923. The number of hydrazine groups is 1. The van der Waals surface area contributed by atoms with Crippen LogP contribution in [0.4, 0.5) is 0 Å². The van der Waals surface area contributed by atoms with Gasteiger partial charge in [-0.2, -0.15) is 0 Å². The Balaban J connectivity index is 2.67. The fourth-order valence-electron chi connectivity index (χ4n) is 2.03. The summed E-state index contributed by atoms with van der Waals surface area (Å²) in [5.74, 6) is -2.45. The Morgan fingerprint density at radius 3 is 2.59 bits per heavy atom. The molecule has 0 aromatic rings. The Hall–Kier alpha value is -1.55. The van der Waals surface area contributed by atoms with Crippen LogP contribution in [-0.2, 0) is 19.2 Å². The van der Waals surface area contributed by atoms with Crippen molar-refractivity contribution in [3.8, 4) is 0 Å². The molecule has 4 N–H and O–H groups in total. The monoisotopic (exact) mass is 335 g/mol. The highest BCUT2D eigenvalue weighted by atomic mass is 35.5. The van der Waals surface area contributed by atoms with Gasteiger partial charge < -0.3 is 15.0 Å². The molecule has 1 fully saturated rings. The zero-order valence-corrected chi connectivity index (χ0v) is 12.5. The minimum absolute atomic E-state index is 0.0227. The number of carboxylic acid groups (broad SMARTS) is 1. The molecule has 3 atom stereocenters. The summed E-state index contributed by atoms with van der Waals surface area (Å²) in [5, 5.41) is 17.6. The third-order valence-corrected chi connectivity index (χ3v) is 3.60. The molecule has 1 heterocycles. The summed E-state index contributed by atoms with van der Waals surface area (Å²) in [4.78, 5) is 45.0. The molecule has 0 radical (unpaired) electrons. The molecule has 0 aliphatic carbocycles. The summed E-state index contributed by atoms with van der Waals surface area (Å²) >= 11 is 5.63. The normalized spacial score (nSPS) is 20.7. The number of aliphatic hydroxyl groups excluding tert-OH is 1. The zero-order chi connectivity index (χ0) is 16.7. The van der Waals surface area contributed by atoms with E-state index in [0.29, 0.717) is 6.29 Å². The number of hydrogen-bond donors (Lipinski definition) is 4. The van der Waals surface area contributed by atoms with E-state index in [0.717, 1.165) is 4.42 Å². The molecule has 22 heavy (non-hydrogen) atoms. The van der Waals surface area contributed by atoms with Gasteiger partial charge in [0, 0.05) is 37.1 Å². The number of Topliss-reactive ketones (excluding diaryl/α,β-unsaturated/α-hetero) is 1. The summed E-state index contributed by atoms with van der Waals surface area (Å²) in [5.41, 5.74) is 5.01. The quantitative estimate of drug-likeness (QED) is 0.214. The predicted octanol–water partition coefficient (Wildman–Crippen LogP) is -1.55. The van der Waals surface area contributed by atoms with Gasteiger partial charge in [0.1, 0.15) is 6.29 Å². The van der Waals surface area contributed by atoms with Gasteiger partial charge >= 0.3 is 5.97 Å². The van der Waals surface area contributed by atoms with Crippen molar-refractivity contribution in [1.82, 2.24) is 15.3 Å². The molecule has 1 rings (SSSR count). The topological polar surface area (TPSA) is 136 Å². The molecule has 1 amide bonds. The number of carboxylic acids is 1. The first kappa shape index (κ1) is 18.5. The number of aliphatic carboxylic acids is 1. The minimum Gasteiger partial charge on any atom is -0.481 e. The van der Waals surface area contributed by atoms with Crippen LogP contribution in [0, 0.1) is 5.92 Å². The Bertz CT molecular complexity index is 447. The average molecular weight is 336 g/mol. The van der Waals surface area contributed by atoms with E-state index in [1.54, 1.807) is 0 Å². The third kappa shape index (κ3) is 5.34. The van der Waals surface area contributed by atoms with E-state index >= 15 is 0 Å². The van der Waals surface area contributed by atoms with E-state index in [4.69, 9.17) is 22.0 Å². The summed E-state index contributed by atoms with van der Waals surface area (Å²) in [6, 6.07) is -1.83. The van der Waals surface area contributed by atoms with Crippen molar-refractivity contribution in [2.45, 2.75) is 31.3 Å². The first-order chi connectivity index (χ1) is 10.4. The minimum atomic E-state index is -1.07. The highest BCUT2D eigenvalue weighted by Crippen LogP contribution is 2.22. The molecule has 0 bridgehead atoms. The molecule has 0 aromatic heterocycles. The second-order valence-corrected chi connectivity index (χ2v) is 5.35. The maximum absolute atomic E-state index is 12.4. The molecule has 0 aromatic carbocycles. The van der Waals surface area contributed by atoms with E-state index in [2.05, 4.69) is 10.9 Å². The molecule has 1 aliphatic heterocycles. The molecular weight excluding hydrogens is 318 g/mol. The van der Waals surface area contributed by atoms with Crippen molar-refractivity contribution in [2.75, 3.05) is 13.2 Å². The van der Waals surface area contributed by atoms with Crippen LogP contribution in [0.3, 0.4) is 0 Å². The predicted molar refractivity (Wildman–Crippen MR) is 74.5 cm³/mol. The zero-order valence-electron chi connectivity index (χ0n) is 11.7. The third-order valence-electron chi connectivity index (χ3n) is 3.27. The number of nitrogens with one attached hydrogen (secondary N) is 2. The molecule has 1 aliphatic rings. The van der Waals surface area contributed by atoms with Crippen LogP contribution in [0.5, 0.6) is 0 Å². The van der Waals surface area contributed by atoms with Crippen molar-refractivity contribution in [3.05, 3.63) is 0 Å². The summed E-state index contributed by atoms with van der Waals surface area (Å²) in [6.45, 7) is -0.421. The van der Waals surface area contributed by atoms with Crippen molar-refractivity contribution in [3.63, 3.8) is 0 Å². The van der Waals surface area contributed by atoms with Gasteiger partial charge in [0.25, 0.3) is 0 Å². The Morgan fingerprint density at radius 2 is 2.14 bits per heavy atom. The second-order valence-electron chi connectivity index (χ2n) is 4.94. The SMILES string of the molecule is O=C[C@H](CO)NN[C@@H](CCC(=O)O)C(=O)C1CC(=O)N(Cl)C1. The van der Waals surface area contributed by atoms with Gasteiger partial charge in [-0.25, -0.2) is 10.9 Å². The Labute approximate surface area is 131 Å². The molecule has 9 nitrogen and oxygen atoms in total. The van der Waals surface area contributed by atoms with E-state index in [1.165, 1.54) is 0 Å². The number of aldehydes is 1. The lowest BCUT2D eigenvalue weighted by Crippen LogP contribution is -2.53. The van der Waals surface area contributed by atoms with Gasteiger partial charge in [0.15, 0.2) is 5.78 Å². The van der Waals surface area contributed by atoms with Gasteiger partial charge in [0.2, 0.25) is 5.91 Å². The van der Waals surface area contributed by atoms with Crippen molar-refractivity contribution in [1.29, 1.82) is 0 Å². The number of hydrogen-bond acceptors (Lipinski definition) is 7. The second kappa shape index (κ2) is 8.79. The van der Waals surface area contributed by atoms with Crippen molar-refractivity contribution >= 4 is 35.7 Å². The molecular formula is C12H18ClN3O6. The molecule has 124 valence electrons. The van der Waals surface area contributed by atoms with Crippen molar-refractivity contribution < 1.29 is 29.4 Å². The highest BCUT2D eigenvalue weighted by molar-refractivity contribution is 6.22. The Kier molecular flexibility index (Phi) is 7.39. The van der Waals surface area contributed by atoms with Gasteiger partial charge in [-0.15, -0.1) is 0 Å². The summed E-state index contributed by atoms with van der Waals surface area (Å²) in [6.07, 6.45) is 0.127. The molecule has 1 unspecified atom stereocenters. The van der Waals surface area contributed by atoms with Gasteiger partial charge in [0.05, 0.1) is 18.7 Å². The lowest BCUT2D eigenvalue weighted by atomic mass is 9.94. The highest BCUT2D eigenvalue weighted by Gasteiger charge is 2.37. The van der Waals surface area contributed by atoms with Gasteiger partial charge in [-0.05, 0) is 6.42 Å². The number of aliphatic hydroxyl groups is 1. The summed E-state index contributed by atoms with van der Waals surface area (Å²) in [7, 11) is 0. The number of halogens is 1. The maximum atomic E-state index is 12.4. The number of nitrogens with zero attached hydrogens (tertiary/aromatic N) is 1. The largest absolute Gasteiger partial charge is 0.481 e.